The monoisotopic (exact) mass is 325 g/mol. The number of aryl methyl sites for hydroxylation is 2. The Morgan fingerprint density at radius 2 is 1.65 bits per heavy atom. The summed E-state index contributed by atoms with van der Waals surface area (Å²) in [5.41, 5.74) is 6.06. The highest BCUT2D eigenvalue weighted by atomic mass is 32.2. The molecule has 2 aromatic carbocycles. The van der Waals surface area contributed by atoms with Crippen LogP contribution >= 0.6 is 11.8 Å². The second-order valence-electron chi connectivity index (χ2n) is 6.70. The molecule has 0 N–H and O–H groups in total. The van der Waals surface area contributed by atoms with Crippen LogP contribution in [0.4, 0.5) is 0 Å². The summed E-state index contributed by atoms with van der Waals surface area (Å²) in [5, 5.41) is 0.448. The van der Waals surface area contributed by atoms with Gasteiger partial charge in [-0.2, -0.15) is 0 Å². The molecule has 1 aliphatic carbocycles. The third kappa shape index (κ3) is 4.39. The molecule has 1 nitrogen and oxygen atoms in total. The van der Waals surface area contributed by atoms with Crippen molar-refractivity contribution in [2.45, 2.75) is 30.9 Å². The Bertz CT molecular complexity index is 621. The van der Waals surface area contributed by atoms with Crippen molar-refractivity contribution >= 4 is 11.8 Å². The molecule has 1 unspecified atom stereocenters. The summed E-state index contributed by atoms with van der Waals surface area (Å²) in [6.45, 7) is 1.12. The van der Waals surface area contributed by atoms with E-state index in [0.717, 1.165) is 12.3 Å². The van der Waals surface area contributed by atoms with Crippen LogP contribution in [-0.2, 0) is 12.8 Å². The zero-order chi connectivity index (χ0) is 16.1. The summed E-state index contributed by atoms with van der Waals surface area (Å²) >= 11 is 2.07. The normalized spacial score (nSPS) is 15.4. The second kappa shape index (κ2) is 8.03. The van der Waals surface area contributed by atoms with Gasteiger partial charge >= 0.3 is 0 Å². The largest absolute Gasteiger partial charge is 0.309 e. The van der Waals surface area contributed by atoms with E-state index >= 15 is 0 Å². The Morgan fingerprint density at radius 1 is 0.913 bits per heavy atom. The van der Waals surface area contributed by atoms with Gasteiger partial charge in [0.05, 0.1) is 5.25 Å². The molecule has 0 saturated heterocycles. The van der Waals surface area contributed by atoms with E-state index in [1.54, 1.807) is 11.1 Å². The lowest BCUT2D eigenvalue weighted by atomic mass is 9.89. The lowest BCUT2D eigenvalue weighted by molar-refractivity contribution is 0.437. The fraction of sp³-hybridized carbons (Fsp3) is 0.429. The van der Waals surface area contributed by atoms with E-state index in [-0.39, 0.29) is 0 Å². The van der Waals surface area contributed by atoms with Gasteiger partial charge in [0.15, 0.2) is 0 Å². The van der Waals surface area contributed by atoms with Crippen molar-refractivity contribution in [1.82, 2.24) is 4.90 Å². The first-order valence-corrected chi connectivity index (χ1v) is 9.72. The predicted octanol–water partition coefficient (Wildman–Crippen LogP) is 4.95. The lowest BCUT2D eigenvalue weighted by Gasteiger charge is -2.22. The van der Waals surface area contributed by atoms with Crippen LogP contribution in [0.1, 0.15) is 40.3 Å². The molecule has 122 valence electrons. The standard InChI is InChI=1S/C21H27NS/c1-22(2)14-15-23-21(18-9-4-3-5-10-18)20-13-12-17-8-6-7-11-19(17)16-20/h3-5,9-10,12-13,16,21H,6-8,11,14-15H2,1-2H3. The van der Waals surface area contributed by atoms with E-state index in [9.17, 15) is 0 Å². The van der Waals surface area contributed by atoms with E-state index in [1.165, 1.54) is 36.8 Å². The van der Waals surface area contributed by atoms with Crippen molar-refractivity contribution in [3.63, 3.8) is 0 Å². The average molecular weight is 326 g/mol. The van der Waals surface area contributed by atoms with Crippen molar-refractivity contribution in [3.05, 3.63) is 70.8 Å². The maximum absolute atomic E-state index is 2.48. The van der Waals surface area contributed by atoms with E-state index in [0.29, 0.717) is 5.25 Å². The summed E-state index contributed by atoms with van der Waals surface area (Å²) in [6.07, 6.45) is 5.22. The molecule has 2 heteroatoms. The highest BCUT2D eigenvalue weighted by Crippen LogP contribution is 2.37. The molecule has 0 amide bonds. The Hall–Kier alpha value is -1.25. The van der Waals surface area contributed by atoms with Gasteiger partial charge in [0.25, 0.3) is 0 Å². The Labute approximate surface area is 145 Å². The second-order valence-corrected chi connectivity index (χ2v) is 7.91. The molecule has 2 aromatic rings. The fourth-order valence-corrected chi connectivity index (χ4v) is 4.68. The van der Waals surface area contributed by atoms with Gasteiger partial charge < -0.3 is 4.90 Å². The van der Waals surface area contributed by atoms with Crippen molar-refractivity contribution in [2.24, 2.45) is 0 Å². The number of rotatable bonds is 6. The van der Waals surface area contributed by atoms with Crippen LogP contribution in [0.25, 0.3) is 0 Å². The van der Waals surface area contributed by atoms with Crippen molar-refractivity contribution < 1.29 is 0 Å². The number of fused-ring (bicyclic) bond motifs is 1. The van der Waals surface area contributed by atoms with Gasteiger partial charge in [-0.15, -0.1) is 11.8 Å². The van der Waals surface area contributed by atoms with Crippen molar-refractivity contribution in [1.29, 1.82) is 0 Å². The molecule has 1 aliphatic rings. The summed E-state index contributed by atoms with van der Waals surface area (Å²) < 4.78 is 0. The third-order valence-electron chi connectivity index (χ3n) is 4.60. The first-order valence-electron chi connectivity index (χ1n) is 8.67. The predicted molar refractivity (Wildman–Crippen MR) is 102 cm³/mol. The molecule has 1 atom stereocenters. The van der Waals surface area contributed by atoms with Gasteiger partial charge in [-0.25, -0.2) is 0 Å². The minimum Gasteiger partial charge on any atom is -0.309 e. The number of benzene rings is 2. The zero-order valence-electron chi connectivity index (χ0n) is 14.3. The highest BCUT2D eigenvalue weighted by molar-refractivity contribution is 7.99. The van der Waals surface area contributed by atoms with Crippen LogP contribution in [0.15, 0.2) is 48.5 Å². The lowest BCUT2D eigenvalue weighted by Crippen LogP contribution is -2.15. The van der Waals surface area contributed by atoms with Gasteiger partial charge in [-0.3, -0.25) is 0 Å². The number of hydrogen-bond donors (Lipinski definition) is 0. The van der Waals surface area contributed by atoms with E-state index < -0.39 is 0 Å². The van der Waals surface area contributed by atoms with Gasteiger partial charge in [0.1, 0.15) is 0 Å². The van der Waals surface area contributed by atoms with E-state index in [2.05, 4.69) is 79.3 Å². The van der Waals surface area contributed by atoms with Crippen LogP contribution in [0.2, 0.25) is 0 Å². The summed E-state index contributed by atoms with van der Waals surface area (Å²) in [6, 6.07) is 18.2. The first kappa shape index (κ1) is 16.6. The molecule has 23 heavy (non-hydrogen) atoms. The molecule has 0 spiro atoms. The minimum absolute atomic E-state index is 0.448. The summed E-state index contributed by atoms with van der Waals surface area (Å²) in [4.78, 5) is 2.27. The highest BCUT2D eigenvalue weighted by Gasteiger charge is 2.17. The van der Waals surface area contributed by atoms with Crippen molar-refractivity contribution in [2.75, 3.05) is 26.4 Å². The van der Waals surface area contributed by atoms with Gasteiger partial charge in [-0.05, 0) is 62.0 Å². The molecule has 0 aromatic heterocycles. The Kier molecular flexibility index (Phi) is 5.80. The average Bonchev–Trinajstić information content (AvgIpc) is 2.59. The molecular weight excluding hydrogens is 298 g/mol. The maximum Gasteiger partial charge on any atom is 0.0547 e. The zero-order valence-corrected chi connectivity index (χ0v) is 15.1. The maximum atomic E-state index is 2.48. The molecule has 0 saturated carbocycles. The van der Waals surface area contributed by atoms with Crippen LogP contribution in [0.3, 0.4) is 0 Å². The van der Waals surface area contributed by atoms with Crippen molar-refractivity contribution in [3.8, 4) is 0 Å². The molecule has 3 rings (SSSR count). The van der Waals surface area contributed by atoms with Crippen LogP contribution in [0, 0.1) is 0 Å². The van der Waals surface area contributed by atoms with Crippen LogP contribution in [-0.4, -0.2) is 31.3 Å². The Morgan fingerprint density at radius 3 is 2.39 bits per heavy atom. The van der Waals surface area contributed by atoms with E-state index in [1.807, 2.05) is 0 Å². The molecular formula is C21H27NS. The quantitative estimate of drug-likeness (QED) is 0.739. The molecule has 0 aliphatic heterocycles. The topological polar surface area (TPSA) is 3.24 Å². The third-order valence-corrected chi connectivity index (χ3v) is 5.90. The minimum atomic E-state index is 0.448. The number of thioether (sulfide) groups is 1. The smallest absolute Gasteiger partial charge is 0.0547 e. The molecule has 0 fully saturated rings. The molecule has 0 radical (unpaired) electrons. The fourth-order valence-electron chi connectivity index (χ4n) is 3.28. The molecule has 0 bridgehead atoms. The van der Waals surface area contributed by atoms with Crippen LogP contribution in [0.5, 0.6) is 0 Å². The van der Waals surface area contributed by atoms with E-state index in [4.69, 9.17) is 0 Å². The number of nitrogens with zero attached hydrogens (tertiary/aromatic N) is 1. The summed E-state index contributed by atoms with van der Waals surface area (Å²) in [5.74, 6) is 1.16. The van der Waals surface area contributed by atoms with Crippen LogP contribution < -0.4 is 0 Å². The summed E-state index contributed by atoms with van der Waals surface area (Å²) in [7, 11) is 4.30. The van der Waals surface area contributed by atoms with Gasteiger partial charge in [-0.1, -0.05) is 48.5 Å². The Balaban J connectivity index is 1.85. The van der Waals surface area contributed by atoms with Gasteiger partial charge in [0, 0.05) is 12.3 Å². The first-order chi connectivity index (χ1) is 11.2. The van der Waals surface area contributed by atoms with Gasteiger partial charge in [0.2, 0.25) is 0 Å². The number of hydrogen-bond acceptors (Lipinski definition) is 2. The SMILES string of the molecule is CN(C)CCSC(c1ccccc1)c1ccc2c(c1)CCCC2. The molecule has 0 heterocycles.